The number of nitrogens with zero attached hydrogens (tertiary/aromatic N) is 2. The second-order valence-electron chi connectivity index (χ2n) is 7.58. The van der Waals surface area contributed by atoms with Crippen molar-refractivity contribution in [3.05, 3.63) is 48.5 Å². The number of hydrogen-bond acceptors (Lipinski definition) is 7. The van der Waals surface area contributed by atoms with Crippen molar-refractivity contribution in [1.29, 1.82) is 0 Å². The third-order valence-corrected chi connectivity index (χ3v) is 5.46. The summed E-state index contributed by atoms with van der Waals surface area (Å²) in [5.74, 6) is 3.15. The molecule has 0 radical (unpaired) electrons. The fourth-order valence-electron chi connectivity index (χ4n) is 3.68. The Morgan fingerprint density at radius 1 is 0.419 bits per heavy atom. The number of hydrogen-bond donors (Lipinski definition) is 0. The van der Waals surface area contributed by atoms with Crippen LogP contribution in [0.5, 0.6) is 23.0 Å². The van der Waals surface area contributed by atoms with Gasteiger partial charge in [0.15, 0.2) is 23.0 Å². The van der Waals surface area contributed by atoms with Crippen LogP contribution in [0.25, 0.3) is 0 Å². The Morgan fingerprint density at radius 3 is 1.03 bits per heavy atom. The van der Waals surface area contributed by atoms with E-state index >= 15 is 0 Å². The van der Waals surface area contributed by atoms with Gasteiger partial charge in [-0.1, -0.05) is 24.3 Å². The molecule has 0 amide bonds. The minimum Gasteiger partial charge on any atom is -0.488 e. The van der Waals surface area contributed by atoms with Crippen molar-refractivity contribution >= 4 is 0 Å². The summed E-state index contributed by atoms with van der Waals surface area (Å²) in [5.41, 5.74) is 0. The summed E-state index contributed by atoms with van der Waals surface area (Å²) in [6.07, 6.45) is 0. The van der Waals surface area contributed by atoms with Gasteiger partial charge in [-0.05, 0) is 24.3 Å². The summed E-state index contributed by atoms with van der Waals surface area (Å²) in [6, 6.07) is 15.8. The zero-order chi connectivity index (χ0) is 21.1. The van der Waals surface area contributed by atoms with Gasteiger partial charge in [0, 0.05) is 39.3 Å². The average Bonchev–Trinajstić information content (AvgIpc) is 2.80. The Hall–Kier alpha value is -2.48. The first-order valence-electron chi connectivity index (χ1n) is 11.1. The van der Waals surface area contributed by atoms with Crippen molar-refractivity contribution in [1.82, 2.24) is 9.80 Å². The van der Waals surface area contributed by atoms with Gasteiger partial charge in [-0.25, -0.2) is 0 Å². The fraction of sp³-hybridized carbons (Fsp3) is 0.500. The molecule has 2 aliphatic heterocycles. The Labute approximate surface area is 184 Å². The van der Waals surface area contributed by atoms with Crippen LogP contribution in [0.1, 0.15) is 0 Å². The van der Waals surface area contributed by atoms with Crippen LogP contribution in [-0.2, 0) is 4.74 Å². The van der Waals surface area contributed by atoms with Crippen LogP contribution in [0, 0.1) is 0 Å². The number of rotatable bonds is 0. The van der Waals surface area contributed by atoms with E-state index in [2.05, 4.69) is 9.80 Å². The highest BCUT2D eigenvalue weighted by Gasteiger charge is 2.13. The van der Waals surface area contributed by atoms with Crippen LogP contribution in [0.2, 0.25) is 0 Å². The predicted molar refractivity (Wildman–Crippen MR) is 119 cm³/mol. The second-order valence-corrected chi connectivity index (χ2v) is 7.58. The normalized spacial score (nSPS) is 23.5. The highest BCUT2D eigenvalue weighted by molar-refractivity contribution is 5.40. The summed E-state index contributed by atoms with van der Waals surface area (Å²) in [6.45, 7) is 8.48. The molecule has 0 atom stereocenters. The van der Waals surface area contributed by atoms with Crippen molar-refractivity contribution in [2.45, 2.75) is 0 Å². The van der Waals surface area contributed by atoms with Gasteiger partial charge in [-0.2, -0.15) is 0 Å². The molecule has 0 aliphatic carbocycles. The van der Waals surface area contributed by atoms with Gasteiger partial charge in [0.1, 0.15) is 26.4 Å². The van der Waals surface area contributed by atoms with Crippen molar-refractivity contribution in [3.63, 3.8) is 0 Å². The summed E-state index contributed by atoms with van der Waals surface area (Å²) >= 11 is 0. The summed E-state index contributed by atoms with van der Waals surface area (Å²) in [5, 5.41) is 0. The number of benzene rings is 2. The number of ether oxygens (including phenoxy) is 5. The second kappa shape index (κ2) is 11.8. The lowest BCUT2D eigenvalue weighted by Gasteiger charge is -2.23. The maximum absolute atomic E-state index is 6.06. The molecule has 0 N–H and O–H groups in total. The molecule has 0 unspecified atom stereocenters. The Balaban J connectivity index is 1.52. The number of fused-ring (bicyclic) bond motifs is 8. The maximum Gasteiger partial charge on any atom is 0.161 e. The van der Waals surface area contributed by atoms with Crippen molar-refractivity contribution in [3.8, 4) is 23.0 Å². The monoisotopic (exact) mass is 428 g/mol. The molecule has 0 saturated heterocycles. The average molecular weight is 429 g/mol. The zero-order valence-electron chi connectivity index (χ0n) is 18.0. The first kappa shape index (κ1) is 21.7. The minimum absolute atomic E-state index is 0.576. The number of para-hydroxylation sites is 4. The van der Waals surface area contributed by atoms with E-state index in [1.54, 1.807) is 0 Å². The third kappa shape index (κ3) is 6.75. The van der Waals surface area contributed by atoms with E-state index in [-0.39, 0.29) is 0 Å². The molecule has 0 fully saturated rings. The van der Waals surface area contributed by atoms with E-state index < -0.39 is 0 Å². The topological polar surface area (TPSA) is 52.6 Å². The van der Waals surface area contributed by atoms with Crippen molar-refractivity contribution in [2.75, 3.05) is 78.9 Å². The lowest BCUT2D eigenvalue weighted by molar-refractivity contribution is 0.0720. The Bertz CT molecular complexity index is 680. The third-order valence-electron chi connectivity index (χ3n) is 5.46. The molecule has 2 aliphatic rings. The molecule has 168 valence electrons. The summed E-state index contributed by atoms with van der Waals surface area (Å²) in [4.78, 5) is 4.62. The van der Waals surface area contributed by atoms with E-state index in [1.807, 2.05) is 48.5 Å². The van der Waals surface area contributed by atoms with E-state index in [1.165, 1.54) is 0 Å². The molecule has 2 aromatic rings. The highest BCUT2D eigenvalue weighted by atomic mass is 16.5. The van der Waals surface area contributed by atoms with Crippen LogP contribution in [0.3, 0.4) is 0 Å². The highest BCUT2D eigenvalue weighted by Crippen LogP contribution is 2.27. The van der Waals surface area contributed by atoms with Gasteiger partial charge in [0.05, 0.1) is 13.2 Å². The van der Waals surface area contributed by atoms with E-state index in [4.69, 9.17) is 23.7 Å². The molecule has 4 rings (SSSR count). The molecule has 7 heteroatoms. The maximum atomic E-state index is 6.06. The van der Waals surface area contributed by atoms with Crippen LogP contribution < -0.4 is 18.9 Å². The summed E-state index contributed by atoms with van der Waals surface area (Å²) in [7, 11) is 0. The lowest BCUT2D eigenvalue weighted by atomic mass is 10.3. The molecule has 0 saturated carbocycles. The van der Waals surface area contributed by atoms with Gasteiger partial charge >= 0.3 is 0 Å². The van der Waals surface area contributed by atoms with Crippen LogP contribution in [0.15, 0.2) is 48.5 Å². The largest absolute Gasteiger partial charge is 0.488 e. The van der Waals surface area contributed by atoms with E-state index in [9.17, 15) is 0 Å². The molecule has 7 nitrogen and oxygen atoms in total. The van der Waals surface area contributed by atoms with Crippen LogP contribution in [0.4, 0.5) is 0 Å². The molecule has 2 aromatic carbocycles. The van der Waals surface area contributed by atoms with Crippen molar-refractivity contribution in [2.24, 2.45) is 0 Å². The molecule has 0 aromatic heterocycles. The molecular weight excluding hydrogens is 396 g/mol. The molecule has 31 heavy (non-hydrogen) atoms. The standard InChI is InChI=1S/C24H32N2O5/c1-2-6-22-21(5-1)28-17-11-25-9-15-27-16-10-26(12-18-29-22)14-20-31-24-8-4-3-7-23(24)30-19-13-25/h1-8H,9-20H2. The Kier molecular flexibility index (Phi) is 8.27. The van der Waals surface area contributed by atoms with Gasteiger partial charge < -0.3 is 23.7 Å². The minimum atomic E-state index is 0.576. The SMILES string of the molecule is c1ccc2c(c1)OCCN1CCOCCN(CCO2)CCOc2ccccc2OCC1. The first-order chi connectivity index (χ1) is 15.4. The molecule has 0 spiro atoms. The van der Waals surface area contributed by atoms with Gasteiger partial charge in [-0.15, -0.1) is 0 Å². The predicted octanol–water partition coefficient (Wildman–Crippen LogP) is 2.55. The molecular formula is C24H32N2O5. The van der Waals surface area contributed by atoms with Gasteiger partial charge in [-0.3, -0.25) is 9.80 Å². The molecule has 2 bridgehead atoms. The van der Waals surface area contributed by atoms with Crippen LogP contribution in [-0.4, -0.2) is 88.7 Å². The smallest absolute Gasteiger partial charge is 0.161 e. The first-order valence-corrected chi connectivity index (χ1v) is 11.1. The van der Waals surface area contributed by atoms with Crippen LogP contribution >= 0.6 is 0 Å². The van der Waals surface area contributed by atoms with Crippen molar-refractivity contribution < 1.29 is 23.7 Å². The zero-order valence-corrected chi connectivity index (χ0v) is 18.0. The Morgan fingerprint density at radius 2 is 0.710 bits per heavy atom. The fourth-order valence-corrected chi connectivity index (χ4v) is 3.68. The van der Waals surface area contributed by atoms with E-state index in [0.29, 0.717) is 39.6 Å². The molecule has 2 heterocycles. The van der Waals surface area contributed by atoms with E-state index in [0.717, 1.165) is 62.3 Å². The lowest BCUT2D eigenvalue weighted by Crippen LogP contribution is -2.36. The quantitative estimate of drug-likeness (QED) is 0.598. The van der Waals surface area contributed by atoms with Gasteiger partial charge in [0.2, 0.25) is 0 Å². The summed E-state index contributed by atoms with van der Waals surface area (Å²) < 4.78 is 30.2. The van der Waals surface area contributed by atoms with Gasteiger partial charge in [0.25, 0.3) is 0 Å².